The van der Waals surface area contributed by atoms with Crippen LogP contribution in [-0.2, 0) is 22.6 Å². The number of fused-ring (bicyclic) bond motifs is 1. The van der Waals surface area contributed by atoms with Gasteiger partial charge in [0, 0.05) is 35.6 Å². The number of aryl methyl sites for hydroxylation is 1. The molecule has 2 amide bonds. The van der Waals surface area contributed by atoms with Gasteiger partial charge < -0.3 is 15.0 Å². The third-order valence-electron chi connectivity index (χ3n) is 4.34. The molecule has 28 heavy (non-hydrogen) atoms. The summed E-state index contributed by atoms with van der Waals surface area (Å²) in [6.07, 6.45) is 3.98. The van der Waals surface area contributed by atoms with Crippen LogP contribution in [-0.4, -0.2) is 29.7 Å². The number of hydrogen-bond donors (Lipinski definition) is 2. The van der Waals surface area contributed by atoms with E-state index in [0.717, 1.165) is 27.8 Å². The molecule has 1 heterocycles. The fourth-order valence-corrected chi connectivity index (χ4v) is 2.94. The number of rotatable bonds is 8. The fourth-order valence-electron chi connectivity index (χ4n) is 2.94. The summed E-state index contributed by atoms with van der Waals surface area (Å²) in [5, 5.41) is 5.06. The quantitative estimate of drug-likeness (QED) is 0.464. The number of carbonyl (C=O) groups is 2. The summed E-state index contributed by atoms with van der Waals surface area (Å²) in [7, 11) is 1.60. The summed E-state index contributed by atoms with van der Waals surface area (Å²) in [6, 6.07) is 15.1. The van der Waals surface area contributed by atoms with Gasteiger partial charge in [-0.25, -0.2) is 5.43 Å². The standard InChI is InChI=1S/C21H22N4O3/c1-28-17-8-6-15(7-9-17)12-21(27)24-23-13-16-14-25(11-10-20(22)26)19-5-3-2-4-18(16)19/h2-9,13-14H,10-12H2,1H3,(H2,22,26)(H,24,27)/b23-13-. The van der Waals surface area contributed by atoms with E-state index in [-0.39, 0.29) is 24.7 Å². The van der Waals surface area contributed by atoms with E-state index < -0.39 is 0 Å². The van der Waals surface area contributed by atoms with Gasteiger partial charge in [-0.2, -0.15) is 5.10 Å². The van der Waals surface area contributed by atoms with Crippen molar-refractivity contribution in [3.05, 3.63) is 65.9 Å². The smallest absolute Gasteiger partial charge is 0.244 e. The SMILES string of the molecule is COc1ccc(CC(=O)N/N=C\c2cn(CCC(N)=O)c3ccccc23)cc1. The number of benzene rings is 2. The van der Waals surface area contributed by atoms with Crippen molar-refractivity contribution in [1.82, 2.24) is 9.99 Å². The second kappa shape index (κ2) is 8.85. The Balaban J connectivity index is 1.67. The highest BCUT2D eigenvalue weighted by atomic mass is 16.5. The van der Waals surface area contributed by atoms with Crippen LogP contribution in [0, 0.1) is 0 Å². The largest absolute Gasteiger partial charge is 0.497 e. The maximum atomic E-state index is 12.1. The molecule has 0 spiro atoms. The number of para-hydroxylation sites is 1. The van der Waals surface area contributed by atoms with Gasteiger partial charge in [-0.15, -0.1) is 0 Å². The van der Waals surface area contributed by atoms with Crippen molar-refractivity contribution in [2.24, 2.45) is 10.8 Å². The maximum absolute atomic E-state index is 12.1. The molecule has 0 fully saturated rings. The van der Waals surface area contributed by atoms with Crippen LogP contribution >= 0.6 is 0 Å². The number of hydrazone groups is 1. The van der Waals surface area contributed by atoms with E-state index in [2.05, 4.69) is 10.5 Å². The molecule has 144 valence electrons. The Kier molecular flexibility index (Phi) is 6.06. The predicted molar refractivity (Wildman–Crippen MR) is 108 cm³/mol. The van der Waals surface area contributed by atoms with Crippen molar-refractivity contribution < 1.29 is 14.3 Å². The van der Waals surface area contributed by atoms with Crippen LogP contribution in [0.3, 0.4) is 0 Å². The van der Waals surface area contributed by atoms with Gasteiger partial charge in [0.25, 0.3) is 0 Å². The average molecular weight is 378 g/mol. The Morgan fingerprint density at radius 3 is 2.64 bits per heavy atom. The number of primary amides is 1. The minimum absolute atomic E-state index is 0.209. The molecule has 0 aliphatic rings. The molecule has 3 aromatic rings. The number of aromatic nitrogens is 1. The number of nitrogens with one attached hydrogen (secondary N) is 1. The molecule has 1 aromatic heterocycles. The lowest BCUT2D eigenvalue weighted by Gasteiger charge is -2.02. The van der Waals surface area contributed by atoms with E-state index in [4.69, 9.17) is 10.5 Å². The van der Waals surface area contributed by atoms with Crippen LogP contribution in [0.5, 0.6) is 5.75 Å². The third kappa shape index (κ3) is 4.76. The minimum Gasteiger partial charge on any atom is -0.497 e. The number of amides is 2. The van der Waals surface area contributed by atoms with Gasteiger partial charge in [-0.1, -0.05) is 30.3 Å². The molecule has 0 saturated carbocycles. The summed E-state index contributed by atoms with van der Waals surface area (Å²) in [5.41, 5.74) is 10.5. The van der Waals surface area contributed by atoms with Crippen molar-refractivity contribution in [3.8, 4) is 5.75 Å². The van der Waals surface area contributed by atoms with Gasteiger partial charge in [0.2, 0.25) is 11.8 Å². The van der Waals surface area contributed by atoms with Crippen LogP contribution in [0.1, 0.15) is 17.5 Å². The van der Waals surface area contributed by atoms with Crippen LogP contribution in [0.15, 0.2) is 59.8 Å². The summed E-state index contributed by atoms with van der Waals surface area (Å²) < 4.78 is 7.06. The molecule has 0 bridgehead atoms. The lowest BCUT2D eigenvalue weighted by Crippen LogP contribution is -2.19. The molecule has 7 nitrogen and oxygen atoms in total. The van der Waals surface area contributed by atoms with Gasteiger partial charge in [0.05, 0.1) is 19.7 Å². The zero-order chi connectivity index (χ0) is 19.9. The fraction of sp³-hybridized carbons (Fsp3) is 0.190. The van der Waals surface area contributed by atoms with E-state index in [9.17, 15) is 9.59 Å². The van der Waals surface area contributed by atoms with E-state index >= 15 is 0 Å². The molecule has 0 aliphatic heterocycles. The highest BCUT2D eigenvalue weighted by Gasteiger charge is 2.08. The first-order valence-corrected chi connectivity index (χ1v) is 8.88. The van der Waals surface area contributed by atoms with Gasteiger partial charge in [-0.05, 0) is 23.8 Å². The molecule has 0 radical (unpaired) electrons. The molecule has 0 saturated heterocycles. The topological polar surface area (TPSA) is 98.7 Å². The summed E-state index contributed by atoms with van der Waals surface area (Å²) in [6.45, 7) is 0.494. The average Bonchev–Trinajstić information content (AvgIpc) is 3.05. The van der Waals surface area contributed by atoms with Crippen molar-refractivity contribution in [2.45, 2.75) is 19.4 Å². The Labute approximate surface area is 162 Å². The molecule has 0 aliphatic carbocycles. The van der Waals surface area contributed by atoms with Gasteiger partial charge in [0.15, 0.2) is 0 Å². The summed E-state index contributed by atoms with van der Waals surface area (Å²) in [5.74, 6) is 0.188. The molecular formula is C21H22N4O3. The van der Waals surface area contributed by atoms with Gasteiger partial charge in [-0.3, -0.25) is 9.59 Å². The monoisotopic (exact) mass is 378 g/mol. The molecule has 0 atom stereocenters. The Bertz CT molecular complexity index is 1010. The second-order valence-corrected chi connectivity index (χ2v) is 6.33. The number of ether oxygens (including phenoxy) is 1. The predicted octanol–water partition coefficient (Wildman–Crippen LogP) is 2.22. The summed E-state index contributed by atoms with van der Waals surface area (Å²) in [4.78, 5) is 23.2. The van der Waals surface area contributed by atoms with E-state index in [1.165, 1.54) is 0 Å². The molecular weight excluding hydrogens is 356 g/mol. The molecule has 7 heteroatoms. The van der Waals surface area contributed by atoms with Crippen molar-refractivity contribution in [3.63, 3.8) is 0 Å². The third-order valence-corrected chi connectivity index (χ3v) is 4.34. The number of hydrogen-bond acceptors (Lipinski definition) is 4. The molecule has 3 rings (SSSR count). The first-order valence-electron chi connectivity index (χ1n) is 8.88. The number of nitrogens with two attached hydrogens (primary N) is 1. The lowest BCUT2D eigenvalue weighted by molar-refractivity contribution is -0.120. The van der Waals surface area contributed by atoms with Crippen molar-refractivity contribution in [2.75, 3.05) is 7.11 Å². The highest BCUT2D eigenvalue weighted by molar-refractivity contribution is 5.99. The lowest BCUT2D eigenvalue weighted by atomic mass is 10.1. The van der Waals surface area contributed by atoms with Crippen molar-refractivity contribution >= 4 is 28.9 Å². The zero-order valence-electron chi connectivity index (χ0n) is 15.6. The van der Waals surface area contributed by atoms with E-state index in [1.54, 1.807) is 13.3 Å². The van der Waals surface area contributed by atoms with Gasteiger partial charge in [0.1, 0.15) is 5.75 Å². The second-order valence-electron chi connectivity index (χ2n) is 6.33. The zero-order valence-corrected chi connectivity index (χ0v) is 15.6. The number of methoxy groups -OCH3 is 1. The normalized spacial score (nSPS) is 11.0. The van der Waals surface area contributed by atoms with Crippen LogP contribution in [0.4, 0.5) is 0 Å². The Hall–Kier alpha value is -3.61. The van der Waals surface area contributed by atoms with Crippen LogP contribution in [0.25, 0.3) is 10.9 Å². The molecule has 2 aromatic carbocycles. The maximum Gasteiger partial charge on any atom is 0.244 e. The minimum atomic E-state index is -0.348. The molecule has 0 unspecified atom stereocenters. The van der Waals surface area contributed by atoms with Crippen LogP contribution < -0.4 is 15.9 Å². The summed E-state index contributed by atoms with van der Waals surface area (Å²) >= 11 is 0. The highest BCUT2D eigenvalue weighted by Crippen LogP contribution is 2.20. The Morgan fingerprint density at radius 1 is 1.18 bits per heavy atom. The number of nitrogens with zero attached hydrogens (tertiary/aromatic N) is 2. The number of carbonyl (C=O) groups excluding carboxylic acids is 2. The van der Waals surface area contributed by atoms with Crippen LogP contribution in [0.2, 0.25) is 0 Å². The van der Waals surface area contributed by atoms with E-state index in [1.807, 2.05) is 59.3 Å². The van der Waals surface area contributed by atoms with Gasteiger partial charge >= 0.3 is 0 Å². The van der Waals surface area contributed by atoms with Crippen molar-refractivity contribution in [1.29, 1.82) is 0 Å². The first kappa shape index (κ1) is 19.2. The Morgan fingerprint density at radius 2 is 1.93 bits per heavy atom. The first-order chi connectivity index (χ1) is 13.6. The molecule has 3 N–H and O–H groups in total. The van der Waals surface area contributed by atoms with E-state index in [0.29, 0.717) is 6.54 Å².